The molecule has 2 unspecified atom stereocenters. The molecule has 1 N–H and O–H groups in total. The number of allylic oxidation sites excluding steroid dienone is 2. The van der Waals surface area contributed by atoms with Crippen molar-refractivity contribution in [3.05, 3.63) is 34.9 Å². The lowest BCUT2D eigenvalue weighted by Crippen LogP contribution is -2.43. The smallest absolute Gasteiger partial charge is 0.220 e. The van der Waals surface area contributed by atoms with E-state index in [1.54, 1.807) is 6.92 Å². The van der Waals surface area contributed by atoms with Gasteiger partial charge in [0.25, 0.3) is 0 Å². The van der Waals surface area contributed by atoms with Crippen LogP contribution in [-0.4, -0.2) is 54.4 Å². The predicted octanol–water partition coefficient (Wildman–Crippen LogP) is 1.53. The summed E-state index contributed by atoms with van der Waals surface area (Å²) in [5, 5.41) is 13.1. The summed E-state index contributed by atoms with van der Waals surface area (Å²) in [5.74, 6) is -0.741. The molecule has 1 aliphatic carbocycles. The molecule has 0 saturated carbocycles. The van der Waals surface area contributed by atoms with Crippen molar-refractivity contribution in [2.75, 3.05) is 20.0 Å². The molecule has 0 amide bonds. The highest BCUT2D eigenvalue weighted by molar-refractivity contribution is 7.94. The lowest BCUT2D eigenvalue weighted by atomic mass is 9.76. The fraction of sp³-hybridized carbons (Fsp3) is 0.467. The molecule has 0 aromatic carbocycles. The van der Waals surface area contributed by atoms with Gasteiger partial charge in [0.15, 0.2) is 15.6 Å². The van der Waals surface area contributed by atoms with Crippen LogP contribution in [0.15, 0.2) is 29.3 Å². The molecule has 0 radical (unpaired) electrons. The number of ketones is 1. The molecule has 2 rings (SSSR count). The Labute approximate surface area is 145 Å². The summed E-state index contributed by atoms with van der Waals surface area (Å²) >= 11 is 6.36. The zero-order valence-electron chi connectivity index (χ0n) is 13.6. The van der Waals surface area contributed by atoms with E-state index in [9.17, 15) is 18.3 Å². The molecule has 1 aliphatic rings. The van der Waals surface area contributed by atoms with E-state index >= 15 is 0 Å². The number of methoxy groups -OCH3 is 1. The molecule has 0 spiro atoms. The van der Waals surface area contributed by atoms with Crippen LogP contribution in [0.2, 0.25) is 0 Å². The Morgan fingerprint density at radius 3 is 2.67 bits per heavy atom. The molecule has 24 heavy (non-hydrogen) atoms. The number of Topliss-reactive ketones (excluding diaryl/α,β-unsaturated/α-hetero) is 1. The summed E-state index contributed by atoms with van der Waals surface area (Å²) in [7, 11) is -2.04. The van der Waals surface area contributed by atoms with E-state index in [-0.39, 0.29) is 23.0 Å². The Bertz CT molecular complexity index is 812. The first-order chi connectivity index (χ1) is 11.2. The van der Waals surface area contributed by atoms with E-state index in [1.807, 2.05) is 0 Å². The van der Waals surface area contributed by atoms with Gasteiger partial charge in [-0.05, 0) is 19.1 Å². The molecule has 2 atom stereocenters. The van der Waals surface area contributed by atoms with E-state index in [2.05, 4.69) is 5.10 Å². The van der Waals surface area contributed by atoms with Crippen LogP contribution in [0.25, 0.3) is 0 Å². The summed E-state index contributed by atoms with van der Waals surface area (Å²) in [5.41, 5.74) is -1.32. The van der Waals surface area contributed by atoms with Crippen LogP contribution in [0.4, 0.5) is 0 Å². The molecule has 132 valence electrons. The topological polar surface area (TPSA) is 98.5 Å². The Morgan fingerprint density at radius 1 is 1.54 bits per heavy atom. The fourth-order valence-electron chi connectivity index (χ4n) is 2.57. The van der Waals surface area contributed by atoms with Gasteiger partial charge in [0, 0.05) is 19.9 Å². The lowest BCUT2D eigenvalue weighted by molar-refractivity contribution is 0.0667. The van der Waals surface area contributed by atoms with Crippen LogP contribution in [0.1, 0.15) is 17.3 Å². The van der Waals surface area contributed by atoms with Gasteiger partial charge in [-0.2, -0.15) is 5.10 Å². The van der Waals surface area contributed by atoms with Gasteiger partial charge in [0.2, 0.25) is 5.88 Å². The second kappa shape index (κ2) is 6.70. The third-order valence-corrected chi connectivity index (χ3v) is 5.58. The predicted molar refractivity (Wildman–Crippen MR) is 89.9 cm³/mol. The van der Waals surface area contributed by atoms with Gasteiger partial charge >= 0.3 is 0 Å². The van der Waals surface area contributed by atoms with Crippen LogP contribution in [0.3, 0.4) is 0 Å². The Hall–Kier alpha value is -1.64. The van der Waals surface area contributed by atoms with Crippen molar-refractivity contribution in [1.82, 2.24) is 9.78 Å². The fourth-order valence-corrected chi connectivity index (χ4v) is 3.72. The minimum Gasteiger partial charge on any atom is -0.493 e. The summed E-state index contributed by atoms with van der Waals surface area (Å²) in [6.45, 7) is 2.10. The first-order valence-corrected chi connectivity index (χ1v) is 9.54. The third-order valence-electron chi connectivity index (χ3n) is 3.94. The summed E-state index contributed by atoms with van der Waals surface area (Å²) in [4.78, 5) is 13.1. The highest BCUT2D eigenvalue weighted by atomic mass is 35.5. The van der Waals surface area contributed by atoms with Gasteiger partial charge in [-0.25, -0.2) is 13.1 Å². The Balaban J connectivity index is 2.50. The van der Waals surface area contributed by atoms with Gasteiger partial charge in [0.05, 0.1) is 28.5 Å². The van der Waals surface area contributed by atoms with E-state index < -0.39 is 26.4 Å². The molecule has 0 bridgehead atoms. The molecular weight excluding hydrogens is 356 g/mol. The molecule has 1 aromatic rings. The minimum absolute atomic E-state index is 0.0143. The number of aromatic hydroxyl groups is 1. The number of halogens is 1. The van der Waals surface area contributed by atoms with Gasteiger partial charge in [0.1, 0.15) is 5.56 Å². The van der Waals surface area contributed by atoms with Crippen molar-refractivity contribution >= 4 is 27.2 Å². The van der Waals surface area contributed by atoms with Crippen LogP contribution >= 0.6 is 11.6 Å². The normalized spacial score (nSPS) is 24.0. The van der Waals surface area contributed by atoms with E-state index in [0.717, 1.165) is 6.26 Å². The Kier molecular flexibility index (Phi) is 5.22. The minimum atomic E-state index is -3.45. The first-order valence-electron chi connectivity index (χ1n) is 7.21. The molecule has 7 nitrogen and oxygen atoms in total. The number of aryl methyl sites for hydroxylation is 1. The number of aromatic nitrogens is 2. The SMILES string of the molecule is CCn1ncc(C(=O)C2(COC)C=CC(S(C)(=O)=O)=CC2Cl)c1O. The Morgan fingerprint density at radius 2 is 2.21 bits per heavy atom. The van der Waals surface area contributed by atoms with Crippen molar-refractivity contribution in [3.63, 3.8) is 0 Å². The van der Waals surface area contributed by atoms with E-state index in [4.69, 9.17) is 16.3 Å². The molecule has 0 fully saturated rings. The van der Waals surface area contributed by atoms with E-state index in [1.165, 1.54) is 36.2 Å². The number of ether oxygens (including phenoxy) is 1. The number of rotatable bonds is 6. The standard InChI is InChI=1S/C15H19ClN2O5S/c1-4-18-14(20)11(8-17-18)13(19)15(9-23-2)6-5-10(7-12(15)16)24(3,21)22/h5-8,12,20H,4,9H2,1-3H3. The average Bonchev–Trinajstić information content (AvgIpc) is 2.88. The number of carbonyl (C=O) groups excluding carboxylic acids is 1. The van der Waals surface area contributed by atoms with Crippen molar-refractivity contribution < 1.29 is 23.1 Å². The van der Waals surface area contributed by atoms with Crippen LogP contribution in [0.5, 0.6) is 5.88 Å². The number of alkyl halides is 1. The number of sulfone groups is 1. The zero-order valence-corrected chi connectivity index (χ0v) is 15.1. The molecular formula is C15H19ClN2O5S. The summed E-state index contributed by atoms with van der Waals surface area (Å²) in [6.07, 6.45) is 6.41. The second-order valence-electron chi connectivity index (χ2n) is 5.58. The van der Waals surface area contributed by atoms with Gasteiger partial charge in [-0.1, -0.05) is 6.08 Å². The quantitative estimate of drug-likeness (QED) is 0.599. The average molecular weight is 375 g/mol. The molecule has 1 heterocycles. The number of nitrogens with zero attached hydrogens (tertiary/aromatic N) is 2. The second-order valence-corrected chi connectivity index (χ2v) is 8.06. The van der Waals surface area contributed by atoms with Crippen molar-refractivity contribution in [1.29, 1.82) is 0 Å². The van der Waals surface area contributed by atoms with Crippen molar-refractivity contribution in [2.45, 2.75) is 18.8 Å². The van der Waals surface area contributed by atoms with Gasteiger partial charge in [-0.15, -0.1) is 11.6 Å². The highest BCUT2D eigenvalue weighted by Gasteiger charge is 2.46. The van der Waals surface area contributed by atoms with Gasteiger partial charge < -0.3 is 9.84 Å². The first kappa shape index (κ1) is 18.7. The third kappa shape index (κ3) is 3.13. The van der Waals surface area contributed by atoms with E-state index in [0.29, 0.717) is 6.54 Å². The van der Waals surface area contributed by atoms with Crippen LogP contribution < -0.4 is 0 Å². The van der Waals surface area contributed by atoms with Crippen LogP contribution in [0, 0.1) is 5.41 Å². The number of hydrogen-bond donors (Lipinski definition) is 1. The maximum absolute atomic E-state index is 13.0. The summed E-state index contributed by atoms with van der Waals surface area (Å²) in [6, 6.07) is 0. The zero-order chi connectivity index (χ0) is 18.1. The largest absolute Gasteiger partial charge is 0.493 e. The molecule has 0 saturated heterocycles. The lowest BCUT2D eigenvalue weighted by Gasteiger charge is -2.33. The summed E-state index contributed by atoms with van der Waals surface area (Å²) < 4.78 is 29.8. The maximum Gasteiger partial charge on any atom is 0.220 e. The monoisotopic (exact) mass is 374 g/mol. The van der Waals surface area contributed by atoms with Crippen molar-refractivity contribution in [3.8, 4) is 5.88 Å². The number of carbonyl (C=O) groups is 1. The maximum atomic E-state index is 13.0. The van der Waals surface area contributed by atoms with Crippen LogP contribution in [-0.2, 0) is 21.1 Å². The highest BCUT2D eigenvalue weighted by Crippen LogP contribution is 2.40. The number of hydrogen-bond acceptors (Lipinski definition) is 6. The van der Waals surface area contributed by atoms with Crippen molar-refractivity contribution in [2.24, 2.45) is 5.41 Å². The molecule has 9 heteroatoms. The molecule has 0 aliphatic heterocycles. The molecule has 1 aromatic heterocycles. The van der Waals surface area contributed by atoms with Gasteiger partial charge in [-0.3, -0.25) is 4.79 Å².